The molecule has 3 aromatic rings. The van der Waals surface area contributed by atoms with Crippen LogP contribution in [0.3, 0.4) is 0 Å². The second-order valence-electron chi connectivity index (χ2n) is 6.73. The molecule has 0 radical (unpaired) electrons. The monoisotopic (exact) mass is 405 g/mol. The third kappa shape index (κ3) is 4.02. The molecule has 0 fully saturated rings. The predicted octanol–water partition coefficient (Wildman–Crippen LogP) is 2.30. The number of carbonyl (C=O) groups is 2. The molecule has 1 aromatic heterocycles. The molecule has 1 aliphatic heterocycles. The summed E-state index contributed by atoms with van der Waals surface area (Å²) in [6.07, 6.45) is 1.52. The molecular formula is C22H19N3O5. The number of aryl methyl sites for hydroxylation is 1. The number of hydrogen-bond acceptors (Lipinski definition) is 5. The van der Waals surface area contributed by atoms with E-state index in [4.69, 9.17) is 9.47 Å². The highest BCUT2D eigenvalue weighted by Crippen LogP contribution is 2.32. The van der Waals surface area contributed by atoms with Crippen LogP contribution in [0.2, 0.25) is 0 Å². The van der Waals surface area contributed by atoms with Crippen LogP contribution in [-0.4, -0.2) is 23.2 Å². The molecule has 0 atom stereocenters. The number of anilines is 1. The average Bonchev–Trinajstić information content (AvgIpc) is 3.22. The van der Waals surface area contributed by atoms with Crippen LogP contribution in [0.5, 0.6) is 11.5 Å². The summed E-state index contributed by atoms with van der Waals surface area (Å²) in [4.78, 5) is 37.0. The van der Waals surface area contributed by atoms with Crippen molar-refractivity contribution < 1.29 is 19.1 Å². The number of nitrogens with one attached hydrogen (secondary N) is 2. The molecule has 8 nitrogen and oxygen atoms in total. The molecule has 2 heterocycles. The van der Waals surface area contributed by atoms with Crippen molar-refractivity contribution >= 4 is 17.5 Å². The summed E-state index contributed by atoms with van der Waals surface area (Å²) >= 11 is 0. The summed E-state index contributed by atoms with van der Waals surface area (Å²) in [5.74, 6) is 0.508. The molecule has 2 aromatic carbocycles. The van der Waals surface area contributed by atoms with Crippen LogP contribution >= 0.6 is 0 Å². The van der Waals surface area contributed by atoms with Gasteiger partial charge in [-0.25, -0.2) is 0 Å². The number of pyridine rings is 1. The Morgan fingerprint density at radius 2 is 1.80 bits per heavy atom. The number of para-hydroxylation sites is 1. The number of amides is 2. The number of fused-ring (bicyclic) bond motifs is 1. The Bertz CT molecular complexity index is 1190. The summed E-state index contributed by atoms with van der Waals surface area (Å²) in [6, 6.07) is 14.9. The summed E-state index contributed by atoms with van der Waals surface area (Å²) in [7, 11) is 1.60. The lowest BCUT2D eigenvalue weighted by Gasteiger charge is -2.12. The fourth-order valence-electron chi connectivity index (χ4n) is 3.00. The molecule has 8 heteroatoms. The zero-order valence-electron chi connectivity index (χ0n) is 16.2. The molecule has 30 heavy (non-hydrogen) atoms. The van der Waals surface area contributed by atoms with Crippen molar-refractivity contribution in [3.63, 3.8) is 0 Å². The molecule has 0 unspecified atom stereocenters. The summed E-state index contributed by atoms with van der Waals surface area (Å²) in [5.41, 5.74) is 1.45. The maximum Gasteiger partial charge on any atom is 0.255 e. The van der Waals surface area contributed by atoms with Crippen LogP contribution in [-0.2, 0) is 13.6 Å². The van der Waals surface area contributed by atoms with Gasteiger partial charge in [0.1, 0.15) is 0 Å². The van der Waals surface area contributed by atoms with Crippen LogP contribution in [0.1, 0.15) is 26.3 Å². The number of rotatable bonds is 5. The molecule has 2 amide bonds. The smallest absolute Gasteiger partial charge is 0.255 e. The van der Waals surface area contributed by atoms with Crippen LogP contribution in [0, 0.1) is 0 Å². The van der Waals surface area contributed by atoms with Gasteiger partial charge in [0.25, 0.3) is 17.4 Å². The van der Waals surface area contributed by atoms with Crippen molar-refractivity contribution in [1.29, 1.82) is 0 Å². The van der Waals surface area contributed by atoms with Crippen LogP contribution in [0.15, 0.2) is 65.6 Å². The Morgan fingerprint density at radius 3 is 2.63 bits per heavy atom. The number of carbonyl (C=O) groups excluding carboxylic acids is 2. The predicted molar refractivity (Wildman–Crippen MR) is 110 cm³/mol. The lowest BCUT2D eigenvalue weighted by Crippen LogP contribution is -2.25. The molecule has 0 saturated carbocycles. The Morgan fingerprint density at radius 1 is 1.00 bits per heavy atom. The molecule has 4 rings (SSSR count). The van der Waals surface area contributed by atoms with Crippen LogP contribution < -0.4 is 25.7 Å². The van der Waals surface area contributed by atoms with E-state index >= 15 is 0 Å². The van der Waals surface area contributed by atoms with Gasteiger partial charge in [0.2, 0.25) is 6.79 Å². The van der Waals surface area contributed by atoms with Gasteiger partial charge in [-0.2, -0.15) is 0 Å². The highest BCUT2D eigenvalue weighted by molar-refractivity contribution is 6.08. The first-order valence-corrected chi connectivity index (χ1v) is 9.25. The maximum absolute atomic E-state index is 12.7. The van der Waals surface area contributed by atoms with Crippen LogP contribution in [0.25, 0.3) is 0 Å². The number of aromatic nitrogens is 1. The molecule has 0 saturated heterocycles. The Hall–Kier alpha value is -4.07. The second kappa shape index (κ2) is 8.12. The number of ether oxygens (including phenoxy) is 2. The van der Waals surface area contributed by atoms with E-state index in [9.17, 15) is 14.4 Å². The van der Waals surface area contributed by atoms with E-state index in [-0.39, 0.29) is 30.4 Å². The fourth-order valence-corrected chi connectivity index (χ4v) is 3.00. The largest absolute Gasteiger partial charge is 0.454 e. The minimum absolute atomic E-state index is 0.186. The zero-order valence-corrected chi connectivity index (χ0v) is 16.2. The first-order chi connectivity index (χ1) is 14.5. The standard InChI is InChI=1S/C22H19N3O5/c1-25-9-8-15(11-20(25)26)21(27)24-17-5-3-2-4-16(17)22(28)23-12-14-6-7-18-19(10-14)30-13-29-18/h2-11H,12-13H2,1H3,(H,23,28)(H,24,27). The van der Waals surface area contributed by atoms with Gasteiger partial charge in [-0.3, -0.25) is 14.4 Å². The third-order valence-corrected chi connectivity index (χ3v) is 4.68. The van der Waals surface area contributed by atoms with Gasteiger partial charge >= 0.3 is 0 Å². The molecule has 0 spiro atoms. The Kier molecular flexibility index (Phi) is 5.21. The van der Waals surface area contributed by atoms with Gasteiger partial charge in [0.15, 0.2) is 11.5 Å². The zero-order chi connectivity index (χ0) is 21.1. The summed E-state index contributed by atoms with van der Waals surface area (Å²) < 4.78 is 12.0. The lowest BCUT2D eigenvalue weighted by molar-refractivity contribution is 0.0951. The number of nitrogens with zero attached hydrogens (tertiary/aromatic N) is 1. The SMILES string of the molecule is Cn1ccc(C(=O)Nc2ccccc2C(=O)NCc2ccc3c(c2)OCO3)cc1=O. The Labute approximate surface area is 172 Å². The average molecular weight is 405 g/mol. The maximum atomic E-state index is 12.7. The van der Waals surface area contributed by atoms with Gasteiger partial charge in [0, 0.05) is 31.4 Å². The van der Waals surface area contributed by atoms with Crippen molar-refractivity contribution in [3.8, 4) is 11.5 Å². The normalized spacial score (nSPS) is 11.8. The molecule has 2 N–H and O–H groups in total. The van der Waals surface area contributed by atoms with E-state index in [0.29, 0.717) is 22.7 Å². The van der Waals surface area contributed by atoms with E-state index in [2.05, 4.69) is 10.6 Å². The third-order valence-electron chi connectivity index (χ3n) is 4.68. The van der Waals surface area contributed by atoms with E-state index in [0.717, 1.165) is 5.56 Å². The van der Waals surface area contributed by atoms with Crippen molar-refractivity contribution in [2.45, 2.75) is 6.54 Å². The Balaban J connectivity index is 1.46. The van der Waals surface area contributed by atoms with Gasteiger partial charge in [-0.15, -0.1) is 0 Å². The first-order valence-electron chi connectivity index (χ1n) is 9.25. The van der Waals surface area contributed by atoms with Gasteiger partial charge in [-0.1, -0.05) is 18.2 Å². The highest BCUT2D eigenvalue weighted by atomic mass is 16.7. The number of hydrogen-bond donors (Lipinski definition) is 2. The van der Waals surface area contributed by atoms with Crippen molar-refractivity contribution in [2.24, 2.45) is 7.05 Å². The van der Waals surface area contributed by atoms with E-state index in [1.807, 2.05) is 12.1 Å². The molecule has 0 bridgehead atoms. The first kappa shape index (κ1) is 19.3. The molecule has 152 valence electrons. The van der Waals surface area contributed by atoms with Crippen molar-refractivity contribution in [3.05, 3.63) is 87.8 Å². The number of benzene rings is 2. The van der Waals surface area contributed by atoms with Crippen LogP contribution in [0.4, 0.5) is 5.69 Å². The van der Waals surface area contributed by atoms with E-state index in [1.165, 1.54) is 16.8 Å². The van der Waals surface area contributed by atoms with Crippen molar-refractivity contribution in [2.75, 3.05) is 12.1 Å². The van der Waals surface area contributed by atoms with E-state index in [1.54, 1.807) is 43.4 Å². The van der Waals surface area contributed by atoms with Crippen molar-refractivity contribution in [1.82, 2.24) is 9.88 Å². The highest BCUT2D eigenvalue weighted by Gasteiger charge is 2.16. The van der Waals surface area contributed by atoms with Gasteiger partial charge in [0.05, 0.1) is 11.3 Å². The fraction of sp³-hybridized carbons (Fsp3) is 0.136. The van der Waals surface area contributed by atoms with Gasteiger partial charge in [-0.05, 0) is 35.9 Å². The molecular weight excluding hydrogens is 386 g/mol. The van der Waals surface area contributed by atoms with Gasteiger partial charge < -0.3 is 24.7 Å². The minimum atomic E-state index is -0.469. The topological polar surface area (TPSA) is 98.7 Å². The summed E-state index contributed by atoms with van der Waals surface area (Å²) in [6.45, 7) is 0.470. The summed E-state index contributed by atoms with van der Waals surface area (Å²) in [5, 5.41) is 5.54. The minimum Gasteiger partial charge on any atom is -0.454 e. The van der Waals surface area contributed by atoms with E-state index < -0.39 is 5.91 Å². The quantitative estimate of drug-likeness (QED) is 0.679. The lowest BCUT2D eigenvalue weighted by atomic mass is 10.1. The molecule has 1 aliphatic rings. The molecule has 0 aliphatic carbocycles. The second-order valence-corrected chi connectivity index (χ2v) is 6.73.